The van der Waals surface area contributed by atoms with Gasteiger partial charge >= 0.3 is 12.1 Å². The van der Waals surface area contributed by atoms with Gasteiger partial charge in [0.15, 0.2) is 0 Å². The van der Waals surface area contributed by atoms with Gasteiger partial charge in [0.2, 0.25) is 0 Å². The van der Waals surface area contributed by atoms with Gasteiger partial charge in [-0.15, -0.1) is 0 Å². The van der Waals surface area contributed by atoms with Crippen LogP contribution in [-0.4, -0.2) is 23.7 Å². The topological polar surface area (TPSA) is 61.3 Å². The van der Waals surface area contributed by atoms with Gasteiger partial charge in [-0.25, -0.2) is 4.39 Å². The first kappa shape index (κ1) is 19.3. The Morgan fingerprint density at radius 3 is 2.28 bits per heavy atom. The van der Waals surface area contributed by atoms with Gasteiger partial charge in [-0.3, -0.25) is 5.73 Å². The lowest BCUT2D eigenvalue weighted by Gasteiger charge is -2.40. The Morgan fingerprint density at radius 2 is 1.76 bits per heavy atom. The molecule has 9 heteroatoms. The minimum absolute atomic E-state index is 0.0816. The number of nitrogen functional groups attached to an aromatic ring is 1. The van der Waals surface area contributed by atoms with E-state index in [1.54, 1.807) is 0 Å². The molecule has 0 aliphatic heterocycles. The van der Waals surface area contributed by atoms with Crippen LogP contribution in [0.1, 0.15) is 12.0 Å². The summed E-state index contributed by atoms with van der Waals surface area (Å²) in [5.74, 6) is -10.2. The van der Waals surface area contributed by atoms with Crippen molar-refractivity contribution in [2.24, 2.45) is 5.73 Å². The van der Waals surface area contributed by atoms with E-state index < -0.39 is 30.1 Å². The highest BCUT2D eigenvalue weighted by molar-refractivity contribution is 5.41. The lowest BCUT2D eigenvalue weighted by Crippen LogP contribution is -2.62. The Morgan fingerprint density at radius 1 is 1.08 bits per heavy atom. The van der Waals surface area contributed by atoms with Crippen LogP contribution in [-0.2, 0) is 11.2 Å². The molecule has 2 atom stereocenters. The summed E-state index contributed by atoms with van der Waals surface area (Å²) in [5, 5.41) is 0. The van der Waals surface area contributed by atoms with Gasteiger partial charge < -0.3 is 10.5 Å². The van der Waals surface area contributed by atoms with Crippen LogP contribution in [0.3, 0.4) is 0 Å². The second kappa shape index (κ2) is 6.38. The maximum atomic E-state index is 15.0. The predicted molar refractivity (Wildman–Crippen MR) is 80.3 cm³/mol. The molecule has 0 saturated heterocycles. The summed E-state index contributed by atoms with van der Waals surface area (Å²) in [6.07, 6.45) is -2.68. The fraction of sp³-hybridized carbons (Fsp3) is 0.375. The van der Waals surface area contributed by atoms with Crippen LogP contribution in [0.5, 0.6) is 0 Å². The highest BCUT2D eigenvalue weighted by Gasteiger charge is 2.73. The van der Waals surface area contributed by atoms with Gasteiger partial charge in [0.1, 0.15) is 5.72 Å². The molecule has 138 valence electrons. The first-order valence-electron chi connectivity index (χ1n) is 7.20. The number of anilines is 1. The van der Waals surface area contributed by atoms with Crippen molar-refractivity contribution in [1.29, 1.82) is 0 Å². The third-order valence-corrected chi connectivity index (χ3v) is 3.62. The summed E-state index contributed by atoms with van der Waals surface area (Å²) in [5.41, 5.74) is 8.86. The summed E-state index contributed by atoms with van der Waals surface area (Å²) in [4.78, 5) is 0. The van der Waals surface area contributed by atoms with Crippen LogP contribution in [0.4, 0.5) is 32.0 Å². The van der Waals surface area contributed by atoms with Gasteiger partial charge in [0, 0.05) is 18.5 Å². The number of halogens is 6. The van der Waals surface area contributed by atoms with Crippen molar-refractivity contribution in [3.63, 3.8) is 0 Å². The number of allylic oxidation sites excluding steroid dienone is 2. The average Bonchev–Trinajstić information content (AvgIpc) is 2.45. The van der Waals surface area contributed by atoms with Crippen LogP contribution < -0.4 is 11.5 Å². The summed E-state index contributed by atoms with van der Waals surface area (Å²) in [7, 11) is 0. The second-order valence-corrected chi connectivity index (χ2v) is 5.77. The molecule has 0 heterocycles. The van der Waals surface area contributed by atoms with Crippen LogP contribution in [0.25, 0.3) is 0 Å². The van der Waals surface area contributed by atoms with Gasteiger partial charge in [-0.05, 0) is 23.8 Å². The third kappa shape index (κ3) is 3.98. The zero-order chi connectivity index (χ0) is 18.9. The molecule has 4 N–H and O–H groups in total. The van der Waals surface area contributed by atoms with Crippen molar-refractivity contribution in [2.45, 2.75) is 36.5 Å². The van der Waals surface area contributed by atoms with E-state index in [9.17, 15) is 22.0 Å². The molecule has 0 amide bonds. The van der Waals surface area contributed by atoms with Crippen molar-refractivity contribution in [3.8, 4) is 0 Å². The molecular weight excluding hydrogens is 350 g/mol. The molecule has 0 saturated carbocycles. The Labute approximate surface area is 139 Å². The van der Waals surface area contributed by atoms with E-state index in [0.29, 0.717) is 0 Å². The third-order valence-electron chi connectivity index (χ3n) is 3.62. The van der Waals surface area contributed by atoms with E-state index >= 15 is 4.39 Å². The quantitative estimate of drug-likeness (QED) is 0.473. The lowest BCUT2D eigenvalue weighted by atomic mass is 9.97. The first-order valence-corrected chi connectivity index (χ1v) is 7.20. The monoisotopic (exact) mass is 366 g/mol. The van der Waals surface area contributed by atoms with E-state index in [1.165, 1.54) is 36.4 Å². The zero-order valence-corrected chi connectivity index (χ0v) is 12.9. The fourth-order valence-corrected chi connectivity index (χ4v) is 2.38. The molecule has 1 aliphatic carbocycles. The molecule has 1 aromatic carbocycles. The summed E-state index contributed by atoms with van der Waals surface area (Å²) < 4.78 is 85.9. The fourth-order valence-electron chi connectivity index (χ4n) is 2.38. The number of alkyl halides is 6. The van der Waals surface area contributed by atoms with E-state index in [-0.39, 0.29) is 17.7 Å². The van der Waals surface area contributed by atoms with Crippen molar-refractivity contribution in [3.05, 3.63) is 54.1 Å². The Hall–Kier alpha value is -2.00. The molecule has 25 heavy (non-hydrogen) atoms. The summed E-state index contributed by atoms with van der Waals surface area (Å²) >= 11 is 0. The second-order valence-electron chi connectivity index (χ2n) is 5.77. The molecule has 0 bridgehead atoms. The number of benzene rings is 1. The number of rotatable bonds is 5. The standard InChI is InChI=1S/C16H16F6N2O/c17-14(15(18,19)16(20,21)22,10-11-5-4-6-12(23)9-11)25-13(24)7-2-1-3-8-13/h1-7,9H,8,10,23-24H2. The molecular formula is C16H16F6N2O. The highest BCUT2D eigenvalue weighted by atomic mass is 19.4. The van der Waals surface area contributed by atoms with E-state index in [2.05, 4.69) is 4.74 Å². The number of hydrogen-bond acceptors (Lipinski definition) is 3. The molecule has 0 spiro atoms. The molecule has 2 unspecified atom stereocenters. The first-order chi connectivity index (χ1) is 11.4. The molecule has 0 radical (unpaired) electrons. The highest BCUT2D eigenvalue weighted by Crippen LogP contribution is 2.49. The van der Waals surface area contributed by atoms with Gasteiger partial charge in [-0.1, -0.05) is 30.4 Å². The number of ether oxygens (including phenoxy) is 1. The Bertz CT molecular complexity index is 687. The van der Waals surface area contributed by atoms with E-state index in [1.807, 2.05) is 0 Å². The molecule has 2 rings (SSSR count). The average molecular weight is 366 g/mol. The summed E-state index contributed by atoms with van der Waals surface area (Å²) in [6.45, 7) is 0. The SMILES string of the molecule is Nc1cccc(CC(F)(OC2(N)C=CC=CC2)C(F)(F)C(F)(F)F)c1. The molecule has 0 fully saturated rings. The maximum Gasteiger partial charge on any atom is 0.459 e. The van der Waals surface area contributed by atoms with Crippen molar-refractivity contribution >= 4 is 5.69 Å². The van der Waals surface area contributed by atoms with Crippen LogP contribution in [0.15, 0.2) is 48.6 Å². The minimum atomic E-state index is -6.17. The number of hydrogen-bond donors (Lipinski definition) is 2. The van der Waals surface area contributed by atoms with E-state index in [0.717, 1.165) is 12.1 Å². The molecule has 1 aliphatic rings. The molecule has 3 nitrogen and oxygen atoms in total. The van der Waals surface area contributed by atoms with Gasteiger partial charge in [0.05, 0.1) is 0 Å². The van der Waals surface area contributed by atoms with Crippen LogP contribution >= 0.6 is 0 Å². The van der Waals surface area contributed by atoms with Crippen LogP contribution in [0.2, 0.25) is 0 Å². The number of nitrogens with two attached hydrogens (primary N) is 2. The van der Waals surface area contributed by atoms with E-state index in [4.69, 9.17) is 11.5 Å². The Balaban J connectivity index is 2.43. The zero-order valence-electron chi connectivity index (χ0n) is 12.9. The lowest BCUT2D eigenvalue weighted by molar-refractivity contribution is -0.396. The minimum Gasteiger partial charge on any atom is -0.399 e. The van der Waals surface area contributed by atoms with Gasteiger partial charge in [0.25, 0.3) is 5.85 Å². The smallest absolute Gasteiger partial charge is 0.399 e. The maximum absolute atomic E-state index is 15.0. The summed E-state index contributed by atoms with van der Waals surface area (Å²) in [6, 6.07) is 4.94. The molecule has 1 aromatic rings. The normalized spacial score (nSPS) is 23.5. The van der Waals surface area contributed by atoms with Gasteiger partial charge in [-0.2, -0.15) is 22.0 Å². The largest absolute Gasteiger partial charge is 0.459 e. The van der Waals surface area contributed by atoms with Crippen LogP contribution in [0, 0.1) is 0 Å². The molecule has 0 aromatic heterocycles. The Kier molecular flexibility index (Phi) is 4.93. The van der Waals surface area contributed by atoms with Crippen molar-refractivity contribution < 1.29 is 31.1 Å². The predicted octanol–water partition coefficient (Wildman–Crippen LogP) is 3.86. The van der Waals surface area contributed by atoms with Crippen molar-refractivity contribution in [1.82, 2.24) is 0 Å². The van der Waals surface area contributed by atoms with Crippen molar-refractivity contribution in [2.75, 3.05) is 5.73 Å².